The second kappa shape index (κ2) is 5.90. The van der Waals surface area contributed by atoms with Crippen molar-refractivity contribution < 1.29 is 9.90 Å². The lowest BCUT2D eigenvalue weighted by atomic mass is 10.4. The second-order valence-corrected chi connectivity index (χ2v) is 5.31. The van der Waals surface area contributed by atoms with E-state index in [9.17, 15) is 4.79 Å². The molecule has 0 unspecified atom stereocenters. The lowest BCUT2D eigenvalue weighted by Gasteiger charge is -2.28. The Morgan fingerprint density at radius 2 is 2.22 bits per heavy atom. The Hall–Kier alpha value is -1.50. The van der Waals surface area contributed by atoms with E-state index >= 15 is 0 Å². The van der Waals surface area contributed by atoms with Crippen LogP contribution in [0.5, 0.6) is 0 Å². The van der Waals surface area contributed by atoms with Gasteiger partial charge in [-0.1, -0.05) is 0 Å². The van der Waals surface area contributed by atoms with Crippen LogP contribution >= 0.6 is 11.8 Å². The topological polar surface area (TPSA) is 69.6 Å². The van der Waals surface area contributed by atoms with Crippen molar-refractivity contribution in [1.82, 2.24) is 9.97 Å². The summed E-state index contributed by atoms with van der Waals surface area (Å²) in [6.45, 7) is 1.89. The molecule has 0 spiro atoms. The Morgan fingerprint density at radius 3 is 2.89 bits per heavy atom. The Kier molecular flexibility index (Phi) is 4.24. The molecule has 1 N–H and O–H groups in total. The number of hydrogen-bond donors (Lipinski definition) is 1. The summed E-state index contributed by atoms with van der Waals surface area (Å²) in [6, 6.07) is 1.85. The van der Waals surface area contributed by atoms with Crippen molar-refractivity contribution in [1.29, 1.82) is 0 Å². The van der Waals surface area contributed by atoms with Gasteiger partial charge in [0.05, 0.1) is 0 Å². The van der Waals surface area contributed by atoms with E-state index < -0.39 is 5.97 Å². The predicted octanol–water partition coefficient (Wildman–Crippen LogP) is 0.551. The number of carboxylic acid groups (broad SMARTS) is 1. The number of aromatic nitrogens is 2. The standard InChI is InChI=1S/C11H16N4O2S/c1-14(7-11(16)17)9-6-10(13-8-12-9)15-2-4-18-5-3-15/h6,8H,2-5,7H2,1H3,(H,16,17). The molecule has 1 aliphatic heterocycles. The molecular weight excluding hydrogens is 252 g/mol. The van der Waals surface area contributed by atoms with Crippen LogP contribution in [0.3, 0.4) is 0 Å². The summed E-state index contributed by atoms with van der Waals surface area (Å²) in [6.07, 6.45) is 1.49. The first kappa shape index (κ1) is 12.9. The van der Waals surface area contributed by atoms with Crippen LogP contribution in [0.2, 0.25) is 0 Å². The molecule has 0 aromatic carbocycles. The van der Waals surface area contributed by atoms with Crippen molar-refractivity contribution in [3.8, 4) is 0 Å². The van der Waals surface area contributed by atoms with Gasteiger partial charge in [0.15, 0.2) is 0 Å². The van der Waals surface area contributed by atoms with Crippen LogP contribution in [0.1, 0.15) is 0 Å². The van der Waals surface area contributed by atoms with Crippen LogP contribution < -0.4 is 9.80 Å². The molecule has 18 heavy (non-hydrogen) atoms. The van der Waals surface area contributed by atoms with Gasteiger partial charge in [-0.2, -0.15) is 11.8 Å². The molecule has 1 aromatic rings. The van der Waals surface area contributed by atoms with E-state index in [1.54, 1.807) is 11.9 Å². The minimum atomic E-state index is -0.868. The average Bonchev–Trinajstić information content (AvgIpc) is 2.39. The molecule has 1 saturated heterocycles. The number of nitrogens with zero attached hydrogens (tertiary/aromatic N) is 4. The molecule has 1 aromatic heterocycles. The molecule has 6 nitrogen and oxygen atoms in total. The fourth-order valence-corrected chi connectivity index (χ4v) is 2.70. The highest BCUT2D eigenvalue weighted by Gasteiger charge is 2.14. The molecule has 2 rings (SSSR count). The highest BCUT2D eigenvalue weighted by atomic mass is 32.2. The largest absolute Gasteiger partial charge is 0.480 e. The van der Waals surface area contributed by atoms with E-state index in [-0.39, 0.29) is 6.54 Å². The first-order chi connectivity index (χ1) is 8.66. The summed E-state index contributed by atoms with van der Waals surface area (Å²) in [5, 5.41) is 8.76. The van der Waals surface area contributed by atoms with Crippen LogP contribution in [0.15, 0.2) is 12.4 Å². The SMILES string of the molecule is CN(CC(=O)O)c1cc(N2CCSCC2)ncn1. The maximum absolute atomic E-state index is 10.7. The number of rotatable bonds is 4. The van der Waals surface area contributed by atoms with E-state index in [0.717, 1.165) is 30.4 Å². The first-order valence-corrected chi connectivity index (χ1v) is 6.90. The smallest absolute Gasteiger partial charge is 0.323 e. The summed E-state index contributed by atoms with van der Waals surface area (Å²) in [5.74, 6) is 2.85. The van der Waals surface area contributed by atoms with Crippen LogP contribution in [0.25, 0.3) is 0 Å². The van der Waals surface area contributed by atoms with Gasteiger partial charge in [-0.3, -0.25) is 4.79 Å². The van der Waals surface area contributed by atoms with Crippen molar-refractivity contribution in [3.05, 3.63) is 12.4 Å². The third kappa shape index (κ3) is 3.25. The zero-order chi connectivity index (χ0) is 13.0. The van der Waals surface area contributed by atoms with Gasteiger partial charge in [-0.15, -0.1) is 0 Å². The van der Waals surface area contributed by atoms with Gasteiger partial charge in [-0.25, -0.2) is 9.97 Å². The molecule has 1 aliphatic rings. The number of thioether (sulfide) groups is 1. The van der Waals surface area contributed by atoms with Gasteiger partial charge in [0, 0.05) is 37.7 Å². The van der Waals surface area contributed by atoms with Gasteiger partial charge in [-0.05, 0) is 0 Å². The molecule has 0 radical (unpaired) electrons. The third-order valence-electron chi connectivity index (χ3n) is 2.74. The minimum Gasteiger partial charge on any atom is -0.480 e. The van der Waals surface area contributed by atoms with Gasteiger partial charge >= 0.3 is 5.97 Å². The van der Waals surface area contributed by atoms with E-state index in [1.165, 1.54) is 6.33 Å². The maximum Gasteiger partial charge on any atom is 0.323 e. The van der Waals surface area contributed by atoms with Crippen molar-refractivity contribution in [2.24, 2.45) is 0 Å². The van der Waals surface area contributed by atoms with Gasteiger partial charge < -0.3 is 14.9 Å². The van der Waals surface area contributed by atoms with E-state index in [1.807, 2.05) is 17.8 Å². The normalized spacial score (nSPS) is 15.5. The van der Waals surface area contributed by atoms with Crippen molar-refractivity contribution >= 4 is 29.4 Å². The number of anilines is 2. The highest BCUT2D eigenvalue weighted by molar-refractivity contribution is 7.99. The molecule has 1 fully saturated rings. The zero-order valence-corrected chi connectivity index (χ0v) is 11.1. The Bertz CT molecular complexity index is 423. The summed E-state index contributed by atoms with van der Waals surface area (Å²) in [7, 11) is 1.71. The molecule has 7 heteroatoms. The Labute approximate surface area is 110 Å². The summed E-state index contributed by atoms with van der Waals surface area (Å²) >= 11 is 1.94. The lowest BCUT2D eigenvalue weighted by Crippen LogP contribution is -2.33. The quantitative estimate of drug-likeness (QED) is 0.855. The fraction of sp³-hybridized carbons (Fsp3) is 0.545. The van der Waals surface area contributed by atoms with E-state index in [4.69, 9.17) is 5.11 Å². The van der Waals surface area contributed by atoms with Crippen molar-refractivity contribution in [3.63, 3.8) is 0 Å². The monoisotopic (exact) mass is 268 g/mol. The van der Waals surface area contributed by atoms with Crippen LogP contribution in [-0.4, -0.2) is 59.2 Å². The Balaban J connectivity index is 2.11. The Morgan fingerprint density at radius 1 is 1.50 bits per heavy atom. The van der Waals surface area contributed by atoms with Crippen LogP contribution in [-0.2, 0) is 4.79 Å². The van der Waals surface area contributed by atoms with Crippen molar-refractivity contribution in [2.75, 3.05) is 48.0 Å². The number of hydrogen-bond acceptors (Lipinski definition) is 6. The molecule has 0 bridgehead atoms. The van der Waals surface area contributed by atoms with Gasteiger partial charge in [0.2, 0.25) is 0 Å². The molecule has 98 valence electrons. The summed E-state index contributed by atoms with van der Waals surface area (Å²) in [5.41, 5.74) is 0. The van der Waals surface area contributed by atoms with Crippen LogP contribution in [0.4, 0.5) is 11.6 Å². The average molecular weight is 268 g/mol. The molecule has 2 heterocycles. The molecule has 0 atom stereocenters. The third-order valence-corrected chi connectivity index (χ3v) is 3.68. The van der Waals surface area contributed by atoms with E-state index in [0.29, 0.717) is 5.82 Å². The predicted molar refractivity (Wildman–Crippen MR) is 72.5 cm³/mol. The van der Waals surface area contributed by atoms with Gasteiger partial charge in [0.1, 0.15) is 24.5 Å². The maximum atomic E-state index is 10.7. The minimum absolute atomic E-state index is 0.0632. The zero-order valence-electron chi connectivity index (χ0n) is 10.2. The molecular formula is C11H16N4O2S. The summed E-state index contributed by atoms with van der Waals surface area (Å²) < 4.78 is 0. The van der Waals surface area contributed by atoms with E-state index in [2.05, 4.69) is 14.9 Å². The number of carbonyl (C=O) groups is 1. The van der Waals surface area contributed by atoms with Crippen molar-refractivity contribution in [2.45, 2.75) is 0 Å². The number of aliphatic carboxylic acids is 1. The summed E-state index contributed by atoms with van der Waals surface area (Å²) in [4.78, 5) is 22.8. The fourth-order valence-electron chi connectivity index (χ4n) is 1.80. The highest BCUT2D eigenvalue weighted by Crippen LogP contribution is 2.20. The second-order valence-electron chi connectivity index (χ2n) is 4.08. The lowest BCUT2D eigenvalue weighted by molar-refractivity contribution is -0.135. The number of carboxylic acids is 1. The first-order valence-electron chi connectivity index (χ1n) is 5.74. The molecule has 0 saturated carbocycles. The molecule has 0 aliphatic carbocycles. The molecule has 0 amide bonds. The number of likely N-dealkylation sites (N-methyl/N-ethyl adjacent to an activating group) is 1. The van der Waals surface area contributed by atoms with Gasteiger partial charge in [0.25, 0.3) is 0 Å². The van der Waals surface area contributed by atoms with Crippen LogP contribution in [0, 0.1) is 0 Å².